The molecule has 0 aliphatic carbocycles. The van der Waals surface area contributed by atoms with Crippen LogP contribution in [0.2, 0.25) is 0 Å². The highest BCUT2D eigenvalue weighted by Gasteiger charge is 2.17. The summed E-state index contributed by atoms with van der Waals surface area (Å²) in [5, 5.41) is 6.60. The van der Waals surface area contributed by atoms with E-state index >= 15 is 0 Å². The summed E-state index contributed by atoms with van der Waals surface area (Å²) in [6.45, 7) is 0.139. The first-order valence-electron chi connectivity index (χ1n) is 5.58. The lowest BCUT2D eigenvalue weighted by Gasteiger charge is -2.03. The number of carbonyl (C=O) groups is 1. The quantitative estimate of drug-likeness (QED) is 0.870. The van der Waals surface area contributed by atoms with Crippen LogP contribution in [0.1, 0.15) is 18.7 Å². The molecule has 20 heavy (non-hydrogen) atoms. The van der Waals surface area contributed by atoms with E-state index in [1.807, 2.05) is 0 Å². The van der Waals surface area contributed by atoms with E-state index < -0.39 is 23.8 Å². The van der Waals surface area contributed by atoms with Gasteiger partial charge in [0.25, 0.3) is 11.4 Å². The Morgan fingerprint density at radius 1 is 1.45 bits per heavy atom. The Labute approximate surface area is 111 Å². The molecule has 0 unspecified atom stereocenters. The second kappa shape index (κ2) is 5.59. The minimum atomic E-state index is -2.87. The third kappa shape index (κ3) is 3.05. The molecule has 106 valence electrons. The molecular weight excluding hydrogens is 274 g/mol. The monoisotopic (exact) mass is 284 g/mol. The van der Waals surface area contributed by atoms with E-state index in [9.17, 15) is 18.4 Å². The van der Waals surface area contributed by atoms with Crippen molar-refractivity contribution in [1.29, 1.82) is 0 Å². The van der Waals surface area contributed by atoms with Crippen LogP contribution in [0.4, 0.5) is 8.78 Å². The average Bonchev–Trinajstić information content (AvgIpc) is 2.86. The third-order valence-electron chi connectivity index (χ3n) is 2.47. The van der Waals surface area contributed by atoms with Gasteiger partial charge >= 0.3 is 6.43 Å². The molecule has 7 nitrogen and oxygen atoms in total. The van der Waals surface area contributed by atoms with E-state index in [1.54, 1.807) is 0 Å². The molecule has 2 aromatic rings. The highest BCUT2D eigenvalue weighted by molar-refractivity contribution is 5.73. The van der Waals surface area contributed by atoms with Gasteiger partial charge in [-0.05, 0) is 6.07 Å². The molecule has 0 saturated heterocycles. The third-order valence-corrected chi connectivity index (χ3v) is 2.47. The first-order chi connectivity index (χ1) is 9.47. The molecule has 0 bridgehead atoms. The number of pyridine rings is 1. The van der Waals surface area contributed by atoms with Gasteiger partial charge in [0.1, 0.15) is 0 Å². The van der Waals surface area contributed by atoms with Crippen LogP contribution in [0.15, 0.2) is 27.5 Å². The van der Waals surface area contributed by atoms with Crippen molar-refractivity contribution in [3.05, 3.63) is 34.6 Å². The van der Waals surface area contributed by atoms with Crippen LogP contribution in [0.3, 0.4) is 0 Å². The maximum absolute atomic E-state index is 12.3. The van der Waals surface area contributed by atoms with Gasteiger partial charge in [-0.2, -0.15) is 8.78 Å². The van der Waals surface area contributed by atoms with Crippen LogP contribution in [0, 0.1) is 0 Å². The number of rotatable bonds is 5. The average molecular weight is 284 g/mol. The molecule has 2 rings (SSSR count). The number of aryl methyl sites for hydroxylation is 1. The number of aromatic nitrogens is 3. The van der Waals surface area contributed by atoms with Crippen LogP contribution in [0.25, 0.3) is 11.5 Å². The summed E-state index contributed by atoms with van der Waals surface area (Å²) in [7, 11) is 0. The van der Waals surface area contributed by atoms with E-state index in [2.05, 4.69) is 10.2 Å². The number of amides is 1. The predicted molar refractivity (Wildman–Crippen MR) is 62.8 cm³/mol. The highest BCUT2D eigenvalue weighted by Crippen LogP contribution is 2.21. The van der Waals surface area contributed by atoms with Gasteiger partial charge < -0.3 is 14.7 Å². The molecule has 2 N–H and O–H groups in total. The molecule has 0 fully saturated rings. The molecular formula is C11H10F2N4O3. The Kier molecular flexibility index (Phi) is 3.87. The number of halogens is 2. The van der Waals surface area contributed by atoms with Crippen LogP contribution < -0.4 is 11.3 Å². The van der Waals surface area contributed by atoms with Crippen molar-refractivity contribution in [2.75, 3.05) is 0 Å². The molecule has 9 heteroatoms. The zero-order valence-electron chi connectivity index (χ0n) is 10.1. The minimum Gasteiger partial charge on any atom is -0.415 e. The molecule has 0 radical (unpaired) electrons. The second-order valence-electron chi connectivity index (χ2n) is 3.91. The first-order valence-corrected chi connectivity index (χ1v) is 5.58. The number of carbonyl (C=O) groups excluding carboxylic acids is 1. The Morgan fingerprint density at radius 3 is 2.75 bits per heavy atom. The minimum absolute atomic E-state index is 0.0232. The summed E-state index contributed by atoms with van der Waals surface area (Å²) in [4.78, 5) is 22.4. The van der Waals surface area contributed by atoms with E-state index in [0.717, 1.165) is 6.07 Å². The fourth-order valence-corrected chi connectivity index (χ4v) is 1.50. The normalized spacial score (nSPS) is 10.9. The molecule has 2 heterocycles. The van der Waals surface area contributed by atoms with Gasteiger partial charge in [-0.1, -0.05) is 0 Å². The van der Waals surface area contributed by atoms with Crippen LogP contribution in [0.5, 0.6) is 0 Å². The number of primary amides is 1. The van der Waals surface area contributed by atoms with E-state index in [4.69, 9.17) is 10.2 Å². The summed E-state index contributed by atoms with van der Waals surface area (Å²) in [5.41, 5.74) is 4.78. The Morgan fingerprint density at radius 2 is 2.20 bits per heavy atom. The van der Waals surface area contributed by atoms with Crippen molar-refractivity contribution in [1.82, 2.24) is 14.8 Å². The van der Waals surface area contributed by atoms with Crippen LogP contribution in [-0.2, 0) is 11.3 Å². The molecule has 0 spiro atoms. The molecule has 2 aromatic heterocycles. The maximum atomic E-state index is 12.3. The first kappa shape index (κ1) is 13.8. The molecule has 0 aliphatic heterocycles. The molecule has 0 aromatic carbocycles. The van der Waals surface area contributed by atoms with E-state index in [0.29, 0.717) is 0 Å². The lowest BCUT2D eigenvalue weighted by molar-refractivity contribution is -0.118. The molecule has 1 amide bonds. The number of hydrogen-bond acceptors (Lipinski definition) is 5. The Balaban J connectivity index is 2.23. The maximum Gasteiger partial charge on any atom is 0.314 e. The van der Waals surface area contributed by atoms with Gasteiger partial charge in [0.15, 0.2) is 0 Å². The van der Waals surface area contributed by atoms with Crippen LogP contribution in [-0.4, -0.2) is 20.7 Å². The van der Waals surface area contributed by atoms with Crippen LogP contribution >= 0.6 is 0 Å². The zero-order chi connectivity index (χ0) is 14.7. The van der Waals surface area contributed by atoms with Gasteiger partial charge in [-0.25, -0.2) is 0 Å². The smallest absolute Gasteiger partial charge is 0.314 e. The number of nitrogens with zero attached hydrogens (tertiary/aromatic N) is 3. The Hall–Kier alpha value is -2.58. The van der Waals surface area contributed by atoms with Crippen molar-refractivity contribution in [2.45, 2.75) is 19.4 Å². The highest BCUT2D eigenvalue weighted by atomic mass is 19.3. The molecule has 0 saturated carbocycles. The molecule has 0 aliphatic rings. The fourth-order valence-electron chi connectivity index (χ4n) is 1.50. The fraction of sp³-hybridized carbons (Fsp3) is 0.273. The van der Waals surface area contributed by atoms with E-state index in [-0.39, 0.29) is 24.4 Å². The molecule has 0 atom stereocenters. The van der Waals surface area contributed by atoms with Crippen molar-refractivity contribution in [3.63, 3.8) is 0 Å². The predicted octanol–water partition coefficient (Wildman–Crippen LogP) is 0.711. The largest absolute Gasteiger partial charge is 0.415 e. The number of alkyl halides is 2. The van der Waals surface area contributed by atoms with Gasteiger partial charge in [0.2, 0.25) is 11.8 Å². The topological polar surface area (TPSA) is 104 Å². The van der Waals surface area contributed by atoms with Crippen molar-refractivity contribution < 1.29 is 18.0 Å². The lowest BCUT2D eigenvalue weighted by Crippen LogP contribution is -2.22. The zero-order valence-corrected chi connectivity index (χ0v) is 10.1. The van der Waals surface area contributed by atoms with Gasteiger partial charge in [-0.3, -0.25) is 9.59 Å². The lowest BCUT2D eigenvalue weighted by atomic mass is 10.2. The summed E-state index contributed by atoms with van der Waals surface area (Å²) in [5.74, 6) is -1.50. The SMILES string of the molecule is NC(=O)CCn1ccc(-c2nnc(C(F)F)o2)cc1=O. The summed E-state index contributed by atoms with van der Waals surface area (Å²) >= 11 is 0. The summed E-state index contributed by atoms with van der Waals surface area (Å²) < 4.78 is 30.6. The van der Waals surface area contributed by atoms with Gasteiger partial charge in [0, 0.05) is 30.8 Å². The van der Waals surface area contributed by atoms with Gasteiger partial charge in [0.05, 0.1) is 0 Å². The van der Waals surface area contributed by atoms with Crippen molar-refractivity contribution in [2.24, 2.45) is 5.73 Å². The summed E-state index contributed by atoms with van der Waals surface area (Å²) in [6.07, 6.45) is -1.45. The second-order valence-corrected chi connectivity index (χ2v) is 3.91. The number of nitrogens with two attached hydrogens (primary N) is 1. The number of hydrogen-bond donors (Lipinski definition) is 1. The van der Waals surface area contributed by atoms with Crippen molar-refractivity contribution >= 4 is 5.91 Å². The van der Waals surface area contributed by atoms with Crippen molar-refractivity contribution in [3.8, 4) is 11.5 Å². The van der Waals surface area contributed by atoms with E-state index in [1.165, 1.54) is 16.8 Å². The van der Waals surface area contributed by atoms with Gasteiger partial charge in [-0.15, -0.1) is 10.2 Å². The standard InChI is InChI=1S/C11H10F2N4O3/c12-9(13)11-16-15-10(20-11)6-1-3-17(8(19)5-6)4-2-7(14)18/h1,3,5,9H,2,4H2,(H2,14,18). The summed E-state index contributed by atoms with van der Waals surface area (Å²) in [6, 6.07) is 2.61. The Bertz CT molecular complexity index is 680.